The summed E-state index contributed by atoms with van der Waals surface area (Å²) in [7, 11) is 1.78. The lowest BCUT2D eigenvalue weighted by Crippen LogP contribution is -2.11. The highest BCUT2D eigenvalue weighted by molar-refractivity contribution is 9.09. The van der Waals surface area contributed by atoms with Gasteiger partial charge in [-0.05, 0) is 37.5 Å². The molecule has 2 heteroatoms. The van der Waals surface area contributed by atoms with Crippen molar-refractivity contribution < 1.29 is 4.74 Å². The zero-order valence-corrected chi connectivity index (χ0v) is 9.64. The molecule has 1 aliphatic rings. The Morgan fingerprint density at radius 3 is 2.67 bits per heavy atom. The molecular formula is C10H19BrO. The van der Waals surface area contributed by atoms with Crippen LogP contribution in [0.1, 0.15) is 32.6 Å². The second-order valence-corrected chi connectivity index (χ2v) is 5.02. The largest absolute Gasteiger partial charge is 0.385 e. The van der Waals surface area contributed by atoms with Gasteiger partial charge < -0.3 is 4.74 Å². The van der Waals surface area contributed by atoms with Gasteiger partial charge in [-0.1, -0.05) is 22.9 Å². The Balaban J connectivity index is 2.16. The fourth-order valence-electron chi connectivity index (χ4n) is 2.09. The molecule has 1 fully saturated rings. The Morgan fingerprint density at radius 2 is 2.17 bits per heavy atom. The number of alkyl halides is 1. The molecule has 1 nitrogen and oxygen atoms in total. The fourth-order valence-corrected chi connectivity index (χ4v) is 2.79. The van der Waals surface area contributed by atoms with Crippen molar-refractivity contribution in [3.63, 3.8) is 0 Å². The summed E-state index contributed by atoms with van der Waals surface area (Å²) in [4.78, 5) is 0.769. The van der Waals surface area contributed by atoms with E-state index in [1.807, 2.05) is 0 Å². The van der Waals surface area contributed by atoms with Gasteiger partial charge in [-0.3, -0.25) is 0 Å². The maximum Gasteiger partial charge on any atom is 0.0462 e. The molecule has 0 aliphatic heterocycles. The first-order chi connectivity index (χ1) is 5.75. The van der Waals surface area contributed by atoms with Crippen LogP contribution < -0.4 is 0 Å². The first-order valence-corrected chi connectivity index (χ1v) is 5.80. The van der Waals surface area contributed by atoms with Crippen molar-refractivity contribution in [3.8, 4) is 0 Å². The van der Waals surface area contributed by atoms with Crippen LogP contribution in [0.25, 0.3) is 0 Å². The van der Waals surface area contributed by atoms with E-state index in [0.717, 1.165) is 23.3 Å². The van der Waals surface area contributed by atoms with Crippen LogP contribution in [-0.4, -0.2) is 18.5 Å². The summed E-state index contributed by atoms with van der Waals surface area (Å²) in [5, 5.41) is 0. The molecule has 3 atom stereocenters. The maximum absolute atomic E-state index is 5.05. The van der Waals surface area contributed by atoms with E-state index in [1.54, 1.807) is 7.11 Å². The Morgan fingerprint density at radius 1 is 1.42 bits per heavy atom. The molecule has 0 aromatic rings. The molecular weight excluding hydrogens is 216 g/mol. The summed E-state index contributed by atoms with van der Waals surface area (Å²) in [6.45, 7) is 3.29. The number of hydrogen-bond acceptors (Lipinski definition) is 1. The summed E-state index contributed by atoms with van der Waals surface area (Å²) in [6.07, 6.45) is 5.34. The third-order valence-corrected chi connectivity index (χ3v) is 4.34. The number of rotatable bonds is 4. The molecule has 0 aromatic carbocycles. The van der Waals surface area contributed by atoms with E-state index in [1.165, 1.54) is 25.7 Å². The van der Waals surface area contributed by atoms with Crippen molar-refractivity contribution in [1.82, 2.24) is 0 Å². The number of ether oxygens (including phenoxy) is 1. The Kier molecular flexibility index (Phi) is 4.59. The van der Waals surface area contributed by atoms with Gasteiger partial charge in [0, 0.05) is 18.5 Å². The summed E-state index contributed by atoms with van der Waals surface area (Å²) < 4.78 is 5.05. The van der Waals surface area contributed by atoms with Crippen molar-refractivity contribution in [3.05, 3.63) is 0 Å². The van der Waals surface area contributed by atoms with Gasteiger partial charge in [0.1, 0.15) is 0 Å². The fraction of sp³-hybridized carbons (Fsp3) is 1.00. The number of halogens is 1. The van der Waals surface area contributed by atoms with Gasteiger partial charge >= 0.3 is 0 Å². The minimum absolute atomic E-state index is 0.769. The van der Waals surface area contributed by atoms with Gasteiger partial charge in [-0.25, -0.2) is 0 Å². The van der Waals surface area contributed by atoms with Gasteiger partial charge in [0.25, 0.3) is 0 Å². The predicted octanol–water partition coefficient (Wildman–Crippen LogP) is 3.22. The zero-order chi connectivity index (χ0) is 8.97. The molecule has 0 spiro atoms. The maximum atomic E-state index is 5.05. The van der Waals surface area contributed by atoms with Crippen LogP contribution in [-0.2, 0) is 4.74 Å². The number of methoxy groups -OCH3 is 1. The van der Waals surface area contributed by atoms with E-state index in [-0.39, 0.29) is 0 Å². The molecule has 0 N–H and O–H groups in total. The summed E-state index contributed by atoms with van der Waals surface area (Å²) >= 11 is 3.72. The van der Waals surface area contributed by atoms with E-state index in [9.17, 15) is 0 Å². The van der Waals surface area contributed by atoms with Gasteiger partial charge in [-0.2, -0.15) is 0 Å². The Hall–Kier alpha value is 0.440. The third kappa shape index (κ3) is 2.74. The van der Waals surface area contributed by atoms with E-state index in [2.05, 4.69) is 22.9 Å². The molecule has 0 saturated heterocycles. The summed E-state index contributed by atoms with van der Waals surface area (Å²) in [6, 6.07) is 0. The second kappa shape index (κ2) is 5.23. The SMILES string of the molecule is COCCCC1CCC(Br)C1C. The third-order valence-electron chi connectivity index (χ3n) is 3.05. The van der Waals surface area contributed by atoms with Crippen LogP contribution in [0.4, 0.5) is 0 Å². The molecule has 0 aromatic heterocycles. The van der Waals surface area contributed by atoms with Crippen LogP contribution in [0.3, 0.4) is 0 Å². The van der Waals surface area contributed by atoms with Gasteiger partial charge in [0.05, 0.1) is 0 Å². The van der Waals surface area contributed by atoms with Gasteiger partial charge in [0.15, 0.2) is 0 Å². The second-order valence-electron chi connectivity index (χ2n) is 3.85. The molecule has 1 saturated carbocycles. The van der Waals surface area contributed by atoms with E-state index >= 15 is 0 Å². The van der Waals surface area contributed by atoms with Gasteiger partial charge in [-0.15, -0.1) is 0 Å². The van der Waals surface area contributed by atoms with Crippen LogP contribution in [0, 0.1) is 11.8 Å². The highest BCUT2D eigenvalue weighted by Crippen LogP contribution is 2.38. The smallest absolute Gasteiger partial charge is 0.0462 e. The average Bonchev–Trinajstić information content (AvgIpc) is 2.36. The van der Waals surface area contributed by atoms with Gasteiger partial charge in [0.2, 0.25) is 0 Å². The summed E-state index contributed by atoms with van der Waals surface area (Å²) in [5.41, 5.74) is 0. The van der Waals surface area contributed by atoms with Crippen LogP contribution >= 0.6 is 15.9 Å². The lowest BCUT2D eigenvalue weighted by atomic mass is 9.93. The topological polar surface area (TPSA) is 9.23 Å². The average molecular weight is 235 g/mol. The van der Waals surface area contributed by atoms with E-state index < -0.39 is 0 Å². The minimum atomic E-state index is 0.769. The highest BCUT2D eigenvalue weighted by atomic mass is 79.9. The van der Waals surface area contributed by atoms with E-state index in [4.69, 9.17) is 4.74 Å². The molecule has 3 unspecified atom stereocenters. The van der Waals surface area contributed by atoms with Crippen molar-refractivity contribution in [2.45, 2.75) is 37.4 Å². The first kappa shape index (κ1) is 10.5. The van der Waals surface area contributed by atoms with Crippen molar-refractivity contribution in [1.29, 1.82) is 0 Å². The highest BCUT2D eigenvalue weighted by Gasteiger charge is 2.30. The molecule has 1 aliphatic carbocycles. The normalized spacial score (nSPS) is 35.8. The monoisotopic (exact) mass is 234 g/mol. The molecule has 1 rings (SSSR count). The molecule has 12 heavy (non-hydrogen) atoms. The van der Waals surface area contributed by atoms with Crippen LogP contribution in [0.2, 0.25) is 0 Å². The first-order valence-electron chi connectivity index (χ1n) is 4.88. The van der Waals surface area contributed by atoms with Crippen LogP contribution in [0.5, 0.6) is 0 Å². The van der Waals surface area contributed by atoms with Crippen molar-refractivity contribution in [2.75, 3.05) is 13.7 Å². The molecule has 0 radical (unpaired) electrons. The van der Waals surface area contributed by atoms with Crippen molar-refractivity contribution >= 4 is 15.9 Å². The zero-order valence-electron chi connectivity index (χ0n) is 8.05. The molecule has 0 bridgehead atoms. The lowest BCUT2D eigenvalue weighted by molar-refractivity contribution is 0.183. The quantitative estimate of drug-likeness (QED) is 0.537. The Bertz CT molecular complexity index is 127. The van der Waals surface area contributed by atoms with E-state index in [0.29, 0.717) is 0 Å². The number of hydrogen-bond donors (Lipinski definition) is 0. The standard InChI is InChI=1S/C10H19BrO/c1-8-9(4-3-7-12-2)5-6-10(8)11/h8-10H,3-7H2,1-2H3. The Labute approximate surface area is 84.0 Å². The lowest BCUT2D eigenvalue weighted by Gasteiger charge is -2.16. The molecule has 0 amide bonds. The van der Waals surface area contributed by atoms with Crippen LogP contribution in [0.15, 0.2) is 0 Å². The van der Waals surface area contributed by atoms with Crippen molar-refractivity contribution in [2.24, 2.45) is 11.8 Å². The molecule has 72 valence electrons. The predicted molar refractivity (Wildman–Crippen MR) is 55.7 cm³/mol. The summed E-state index contributed by atoms with van der Waals surface area (Å²) in [5.74, 6) is 1.80. The molecule has 0 heterocycles. The minimum Gasteiger partial charge on any atom is -0.385 e.